The van der Waals surface area contributed by atoms with Crippen molar-refractivity contribution in [3.05, 3.63) is 29.8 Å². The van der Waals surface area contributed by atoms with Gasteiger partial charge in [0.15, 0.2) is 0 Å². The third kappa shape index (κ3) is 4.95. The number of rotatable bonds is 4. The number of benzene rings is 1. The van der Waals surface area contributed by atoms with Crippen LogP contribution in [-0.4, -0.2) is 44.3 Å². The van der Waals surface area contributed by atoms with Gasteiger partial charge in [0, 0.05) is 25.2 Å². The molecule has 1 fully saturated rings. The fourth-order valence-corrected chi connectivity index (χ4v) is 2.86. The molecule has 1 saturated heterocycles. The van der Waals surface area contributed by atoms with E-state index in [1.165, 1.54) is 18.3 Å². The number of sulfonamides is 1. The molecular formula is C16H23N3O4S. The van der Waals surface area contributed by atoms with E-state index in [-0.39, 0.29) is 16.9 Å². The number of nitrogens with zero attached hydrogens (tertiary/aromatic N) is 2. The molecule has 24 heavy (non-hydrogen) atoms. The fourth-order valence-electron chi connectivity index (χ4n) is 2.06. The Morgan fingerprint density at radius 2 is 1.88 bits per heavy atom. The standard InChI is InChI=1S/C16H23N3O4S/c1-12-5-7-14(8-6-12)24(21,22)18-17-9-13-10-19(11-13)15(20)23-16(2,3)4/h5-9,13,18H,10-11H2,1-4H3/b17-9+. The van der Waals surface area contributed by atoms with Gasteiger partial charge >= 0.3 is 6.09 Å². The summed E-state index contributed by atoms with van der Waals surface area (Å²) in [6, 6.07) is 6.51. The zero-order valence-electron chi connectivity index (χ0n) is 14.3. The normalized spacial score (nSPS) is 16.1. The van der Waals surface area contributed by atoms with Crippen molar-refractivity contribution >= 4 is 22.3 Å². The first-order valence-electron chi connectivity index (χ1n) is 7.66. The molecule has 0 aromatic heterocycles. The number of hydrazone groups is 1. The molecule has 1 heterocycles. The second-order valence-corrected chi connectivity index (χ2v) is 8.49. The van der Waals surface area contributed by atoms with E-state index >= 15 is 0 Å². The van der Waals surface area contributed by atoms with Gasteiger partial charge in [-0.15, -0.1) is 0 Å². The van der Waals surface area contributed by atoms with Crippen molar-refractivity contribution in [2.24, 2.45) is 11.0 Å². The number of hydrogen-bond donors (Lipinski definition) is 1. The quantitative estimate of drug-likeness (QED) is 0.663. The molecule has 8 heteroatoms. The van der Waals surface area contributed by atoms with Crippen LogP contribution in [0.1, 0.15) is 26.3 Å². The fraction of sp³-hybridized carbons (Fsp3) is 0.500. The summed E-state index contributed by atoms with van der Waals surface area (Å²) in [6.45, 7) is 8.24. The average Bonchev–Trinajstić information content (AvgIpc) is 2.39. The molecule has 0 spiro atoms. The van der Waals surface area contributed by atoms with Crippen molar-refractivity contribution in [3.63, 3.8) is 0 Å². The summed E-state index contributed by atoms with van der Waals surface area (Å²) in [4.78, 5) is 15.7. The Labute approximate surface area is 142 Å². The van der Waals surface area contributed by atoms with Crippen LogP contribution in [0.5, 0.6) is 0 Å². The number of ether oxygens (including phenoxy) is 1. The SMILES string of the molecule is Cc1ccc(S(=O)(=O)N/N=C/C2CN(C(=O)OC(C)(C)C)C2)cc1. The molecular weight excluding hydrogens is 330 g/mol. The lowest BCUT2D eigenvalue weighted by atomic mass is 10.0. The summed E-state index contributed by atoms with van der Waals surface area (Å²) < 4.78 is 29.3. The summed E-state index contributed by atoms with van der Waals surface area (Å²) >= 11 is 0. The monoisotopic (exact) mass is 353 g/mol. The number of amides is 1. The molecule has 1 aromatic carbocycles. The summed E-state index contributed by atoms with van der Waals surface area (Å²) in [7, 11) is -3.66. The van der Waals surface area contributed by atoms with Gasteiger partial charge in [-0.3, -0.25) is 0 Å². The Morgan fingerprint density at radius 1 is 1.29 bits per heavy atom. The van der Waals surface area contributed by atoms with E-state index in [4.69, 9.17) is 4.74 Å². The molecule has 0 radical (unpaired) electrons. The number of carbonyl (C=O) groups excluding carboxylic acids is 1. The number of aryl methyl sites for hydroxylation is 1. The highest BCUT2D eigenvalue weighted by molar-refractivity contribution is 7.89. The summed E-state index contributed by atoms with van der Waals surface area (Å²) in [5.74, 6) is 0.0123. The Kier molecular flexibility index (Phi) is 5.17. The van der Waals surface area contributed by atoms with E-state index in [0.29, 0.717) is 13.1 Å². The topological polar surface area (TPSA) is 88.1 Å². The van der Waals surface area contributed by atoms with Gasteiger partial charge in [0.1, 0.15) is 5.60 Å². The van der Waals surface area contributed by atoms with Gasteiger partial charge in [0.05, 0.1) is 4.90 Å². The molecule has 1 aromatic rings. The third-order valence-corrected chi connectivity index (χ3v) is 4.59. The minimum Gasteiger partial charge on any atom is -0.444 e. The lowest BCUT2D eigenvalue weighted by molar-refractivity contribution is 0.00734. The lowest BCUT2D eigenvalue weighted by Crippen LogP contribution is -2.52. The highest BCUT2D eigenvalue weighted by Crippen LogP contribution is 2.18. The Hall–Kier alpha value is -2.09. The van der Waals surface area contributed by atoms with Gasteiger partial charge in [-0.2, -0.15) is 13.5 Å². The van der Waals surface area contributed by atoms with E-state index in [0.717, 1.165) is 5.56 Å². The molecule has 0 atom stereocenters. The molecule has 0 bridgehead atoms. The largest absolute Gasteiger partial charge is 0.444 e. The molecule has 7 nitrogen and oxygen atoms in total. The summed E-state index contributed by atoms with van der Waals surface area (Å²) in [5, 5.41) is 3.79. The van der Waals surface area contributed by atoms with Crippen LogP contribution in [0.4, 0.5) is 4.79 Å². The van der Waals surface area contributed by atoms with Crippen LogP contribution in [0.25, 0.3) is 0 Å². The lowest BCUT2D eigenvalue weighted by Gasteiger charge is -2.37. The van der Waals surface area contributed by atoms with Crippen LogP contribution < -0.4 is 4.83 Å². The van der Waals surface area contributed by atoms with Gasteiger partial charge in [-0.1, -0.05) is 17.7 Å². The first-order chi connectivity index (χ1) is 11.1. The highest BCUT2D eigenvalue weighted by Gasteiger charge is 2.32. The molecule has 1 amide bonds. The van der Waals surface area contributed by atoms with Gasteiger partial charge in [0.2, 0.25) is 0 Å². The van der Waals surface area contributed by atoms with Crippen molar-refractivity contribution in [2.75, 3.05) is 13.1 Å². The molecule has 1 aliphatic heterocycles. The summed E-state index contributed by atoms with van der Waals surface area (Å²) in [6.07, 6.45) is 1.14. The predicted octanol–water partition coefficient (Wildman–Crippen LogP) is 2.13. The van der Waals surface area contributed by atoms with E-state index in [1.807, 2.05) is 27.7 Å². The molecule has 0 unspecified atom stereocenters. The highest BCUT2D eigenvalue weighted by atomic mass is 32.2. The van der Waals surface area contributed by atoms with Crippen LogP contribution in [0.2, 0.25) is 0 Å². The number of likely N-dealkylation sites (tertiary alicyclic amines) is 1. The van der Waals surface area contributed by atoms with Crippen molar-refractivity contribution < 1.29 is 17.9 Å². The summed E-state index contributed by atoms with van der Waals surface area (Å²) in [5.41, 5.74) is 0.453. The molecule has 1 aliphatic rings. The zero-order valence-corrected chi connectivity index (χ0v) is 15.1. The third-order valence-electron chi connectivity index (χ3n) is 3.35. The molecule has 2 rings (SSSR count). The van der Waals surface area contributed by atoms with E-state index in [1.54, 1.807) is 17.0 Å². The molecule has 132 valence electrons. The first kappa shape index (κ1) is 18.3. The van der Waals surface area contributed by atoms with Crippen molar-refractivity contribution in [1.82, 2.24) is 9.73 Å². The zero-order chi connectivity index (χ0) is 18.0. The van der Waals surface area contributed by atoms with Crippen LogP contribution >= 0.6 is 0 Å². The van der Waals surface area contributed by atoms with Crippen LogP contribution in [0, 0.1) is 12.8 Å². The Morgan fingerprint density at radius 3 is 2.42 bits per heavy atom. The second-order valence-electron chi connectivity index (χ2n) is 6.83. The van der Waals surface area contributed by atoms with Crippen molar-refractivity contribution in [2.45, 2.75) is 38.2 Å². The maximum Gasteiger partial charge on any atom is 0.410 e. The minimum absolute atomic E-state index is 0.0123. The maximum atomic E-state index is 12.1. The predicted molar refractivity (Wildman–Crippen MR) is 91.3 cm³/mol. The van der Waals surface area contributed by atoms with Crippen molar-refractivity contribution in [3.8, 4) is 0 Å². The van der Waals surface area contributed by atoms with Crippen LogP contribution in [0.3, 0.4) is 0 Å². The van der Waals surface area contributed by atoms with E-state index < -0.39 is 15.6 Å². The first-order valence-corrected chi connectivity index (χ1v) is 9.15. The molecule has 1 N–H and O–H groups in total. The maximum absolute atomic E-state index is 12.1. The second kappa shape index (κ2) is 6.80. The average molecular weight is 353 g/mol. The number of carbonyl (C=O) groups is 1. The minimum atomic E-state index is -3.66. The van der Waals surface area contributed by atoms with E-state index in [9.17, 15) is 13.2 Å². The van der Waals surface area contributed by atoms with Gasteiger partial charge in [-0.05, 0) is 39.8 Å². The van der Waals surface area contributed by atoms with Crippen molar-refractivity contribution in [1.29, 1.82) is 0 Å². The smallest absolute Gasteiger partial charge is 0.410 e. The number of hydrogen-bond acceptors (Lipinski definition) is 5. The number of nitrogens with one attached hydrogen (secondary N) is 1. The van der Waals surface area contributed by atoms with Gasteiger partial charge < -0.3 is 9.64 Å². The Bertz CT molecular complexity index is 715. The van der Waals surface area contributed by atoms with Crippen LogP contribution in [0.15, 0.2) is 34.3 Å². The Balaban J connectivity index is 1.82. The molecule has 0 aliphatic carbocycles. The van der Waals surface area contributed by atoms with Crippen LogP contribution in [-0.2, 0) is 14.8 Å². The van der Waals surface area contributed by atoms with Gasteiger partial charge in [0.25, 0.3) is 10.0 Å². The molecule has 0 saturated carbocycles. The van der Waals surface area contributed by atoms with Gasteiger partial charge in [-0.25, -0.2) is 9.63 Å². The van der Waals surface area contributed by atoms with E-state index in [2.05, 4.69) is 9.93 Å².